The molecule has 1 aromatic heterocycles. The standard InChI is InChI=1S/C16H17N3O2/c1-11(2)19(9-5-8-17)15-12-6-3-4-7-14(12)18-10-13(15)16(20)21/h3-4,6-7,10-11H,5,9H2,1-2H3,(H,20,21). The largest absolute Gasteiger partial charge is 0.478 e. The van der Waals surface area contributed by atoms with E-state index in [-0.39, 0.29) is 11.6 Å². The molecule has 5 heteroatoms. The van der Waals surface area contributed by atoms with Gasteiger partial charge >= 0.3 is 5.97 Å². The maximum Gasteiger partial charge on any atom is 0.339 e. The molecule has 0 amide bonds. The van der Waals surface area contributed by atoms with Crippen LogP contribution in [0, 0.1) is 11.3 Å². The number of fused-ring (bicyclic) bond motifs is 1. The minimum atomic E-state index is -1.01. The third-order valence-corrected chi connectivity index (χ3v) is 3.35. The van der Waals surface area contributed by atoms with E-state index in [1.165, 1.54) is 6.20 Å². The molecule has 5 nitrogen and oxygen atoms in total. The molecule has 0 atom stereocenters. The Morgan fingerprint density at radius 1 is 1.43 bits per heavy atom. The molecule has 1 N–H and O–H groups in total. The first-order valence-electron chi connectivity index (χ1n) is 6.81. The van der Waals surface area contributed by atoms with Crippen molar-refractivity contribution in [1.82, 2.24) is 4.98 Å². The van der Waals surface area contributed by atoms with E-state index in [1.807, 2.05) is 43.0 Å². The van der Waals surface area contributed by atoms with Crippen LogP contribution in [-0.2, 0) is 0 Å². The molecule has 0 bridgehead atoms. The van der Waals surface area contributed by atoms with Crippen molar-refractivity contribution in [2.75, 3.05) is 11.4 Å². The van der Waals surface area contributed by atoms with Crippen molar-refractivity contribution in [2.45, 2.75) is 26.3 Å². The smallest absolute Gasteiger partial charge is 0.339 e. The van der Waals surface area contributed by atoms with Crippen LogP contribution in [0.25, 0.3) is 10.9 Å². The van der Waals surface area contributed by atoms with Crippen LogP contribution in [0.5, 0.6) is 0 Å². The van der Waals surface area contributed by atoms with Crippen molar-refractivity contribution in [1.29, 1.82) is 5.26 Å². The van der Waals surface area contributed by atoms with Crippen molar-refractivity contribution in [2.24, 2.45) is 0 Å². The van der Waals surface area contributed by atoms with E-state index in [0.717, 1.165) is 10.9 Å². The monoisotopic (exact) mass is 283 g/mol. The molecule has 0 saturated carbocycles. The second kappa shape index (κ2) is 6.23. The summed E-state index contributed by atoms with van der Waals surface area (Å²) in [6, 6.07) is 9.65. The minimum absolute atomic E-state index is 0.0854. The number of rotatable bonds is 5. The van der Waals surface area contributed by atoms with Crippen LogP contribution in [0.3, 0.4) is 0 Å². The molecule has 0 unspecified atom stereocenters. The highest BCUT2D eigenvalue weighted by Gasteiger charge is 2.21. The van der Waals surface area contributed by atoms with Gasteiger partial charge in [0.2, 0.25) is 0 Å². The number of aromatic nitrogens is 1. The number of hydrogen-bond acceptors (Lipinski definition) is 4. The molecule has 0 aliphatic heterocycles. The fourth-order valence-electron chi connectivity index (χ4n) is 2.39. The van der Waals surface area contributed by atoms with Gasteiger partial charge in [-0.25, -0.2) is 4.79 Å². The van der Waals surface area contributed by atoms with Crippen molar-refractivity contribution in [3.63, 3.8) is 0 Å². The third kappa shape index (κ3) is 2.95. The predicted octanol–water partition coefficient (Wildman–Crippen LogP) is 3.06. The van der Waals surface area contributed by atoms with Gasteiger partial charge in [-0.3, -0.25) is 4.98 Å². The van der Waals surface area contributed by atoms with Crippen molar-refractivity contribution in [3.8, 4) is 6.07 Å². The fraction of sp³-hybridized carbons (Fsp3) is 0.312. The summed E-state index contributed by atoms with van der Waals surface area (Å²) in [6.07, 6.45) is 1.73. The van der Waals surface area contributed by atoms with Crippen molar-refractivity contribution >= 4 is 22.6 Å². The molecule has 0 radical (unpaired) electrons. The molecule has 0 fully saturated rings. The number of carboxylic acids is 1. The Labute approximate surface area is 123 Å². The first-order valence-corrected chi connectivity index (χ1v) is 6.81. The lowest BCUT2D eigenvalue weighted by Gasteiger charge is -2.30. The molecule has 0 aliphatic carbocycles. The summed E-state index contributed by atoms with van der Waals surface area (Å²) in [6.45, 7) is 4.46. The fourth-order valence-corrected chi connectivity index (χ4v) is 2.39. The Morgan fingerprint density at radius 3 is 2.76 bits per heavy atom. The number of para-hydroxylation sites is 1. The normalized spacial score (nSPS) is 10.6. The van der Waals surface area contributed by atoms with Crippen LogP contribution in [-0.4, -0.2) is 28.6 Å². The second-order valence-corrected chi connectivity index (χ2v) is 5.04. The third-order valence-electron chi connectivity index (χ3n) is 3.35. The summed E-state index contributed by atoms with van der Waals surface area (Å²) in [4.78, 5) is 17.7. The molecule has 108 valence electrons. The van der Waals surface area contributed by atoms with E-state index in [9.17, 15) is 9.90 Å². The Bertz CT molecular complexity index is 704. The summed E-state index contributed by atoms with van der Waals surface area (Å²) in [5.41, 5.74) is 1.55. The Balaban J connectivity index is 2.70. The van der Waals surface area contributed by atoms with Gasteiger partial charge in [0.15, 0.2) is 0 Å². The van der Waals surface area contributed by atoms with Crippen molar-refractivity contribution < 1.29 is 9.90 Å². The number of nitrogens with zero attached hydrogens (tertiary/aromatic N) is 3. The molecule has 0 aliphatic rings. The zero-order chi connectivity index (χ0) is 15.4. The zero-order valence-corrected chi connectivity index (χ0v) is 12.1. The summed E-state index contributed by atoms with van der Waals surface area (Å²) in [5.74, 6) is -1.01. The van der Waals surface area contributed by atoms with E-state index in [2.05, 4.69) is 11.1 Å². The Morgan fingerprint density at radius 2 is 2.14 bits per heavy atom. The van der Waals surface area contributed by atoms with E-state index in [4.69, 9.17) is 5.26 Å². The maximum atomic E-state index is 11.5. The van der Waals surface area contributed by atoms with Gasteiger partial charge in [0, 0.05) is 24.2 Å². The molecule has 1 heterocycles. The first kappa shape index (κ1) is 14.8. The number of aromatic carboxylic acids is 1. The van der Waals surface area contributed by atoms with Crippen LogP contribution >= 0.6 is 0 Å². The number of carboxylic acid groups (broad SMARTS) is 1. The van der Waals surface area contributed by atoms with Crippen molar-refractivity contribution in [3.05, 3.63) is 36.0 Å². The van der Waals surface area contributed by atoms with E-state index >= 15 is 0 Å². The molecule has 2 rings (SSSR count). The number of pyridine rings is 1. The lowest BCUT2D eigenvalue weighted by Crippen LogP contribution is -2.33. The highest BCUT2D eigenvalue weighted by molar-refractivity contribution is 6.04. The van der Waals surface area contributed by atoms with Crippen LogP contribution in [0.2, 0.25) is 0 Å². The maximum absolute atomic E-state index is 11.5. The molecule has 0 saturated heterocycles. The number of hydrogen-bond donors (Lipinski definition) is 1. The Kier molecular flexibility index (Phi) is 4.39. The summed E-state index contributed by atoms with van der Waals surface area (Å²) in [5, 5.41) is 19.1. The average Bonchev–Trinajstić information content (AvgIpc) is 2.47. The number of nitriles is 1. The lowest BCUT2D eigenvalue weighted by atomic mass is 10.1. The van der Waals surface area contributed by atoms with Gasteiger partial charge in [0.1, 0.15) is 5.56 Å². The van der Waals surface area contributed by atoms with E-state index in [1.54, 1.807) is 0 Å². The highest BCUT2D eigenvalue weighted by atomic mass is 16.4. The van der Waals surface area contributed by atoms with Crippen LogP contribution < -0.4 is 4.90 Å². The average molecular weight is 283 g/mol. The number of benzene rings is 1. The van der Waals surface area contributed by atoms with Gasteiger partial charge in [-0.05, 0) is 19.9 Å². The van der Waals surface area contributed by atoms with E-state index in [0.29, 0.717) is 18.7 Å². The van der Waals surface area contributed by atoms with Gasteiger partial charge in [0.25, 0.3) is 0 Å². The molecule has 1 aromatic carbocycles. The summed E-state index contributed by atoms with van der Waals surface area (Å²) >= 11 is 0. The molecular weight excluding hydrogens is 266 g/mol. The topological polar surface area (TPSA) is 77.2 Å². The van der Waals surface area contributed by atoms with Gasteiger partial charge in [-0.15, -0.1) is 0 Å². The van der Waals surface area contributed by atoms with Gasteiger partial charge in [0.05, 0.1) is 23.7 Å². The number of anilines is 1. The van der Waals surface area contributed by atoms with Gasteiger partial charge < -0.3 is 10.0 Å². The predicted molar refractivity (Wildman–Crippen MR) is 81.4 cm³/mol. The molecule has 21 heavy (non-hydrogen) atoms. The van der Waals surface area contributed by atoms with Gasteiger partial charge in [-0.1, -0.05) is 18.2 Å². The first-order chi connectivity index (χ1) is 10.1. The lowest BCUT2D eigenvalue weighted by molar-refractivity contribution is 0.0697. The molecular formula is C16H17N3O2. The van der Waals surface area contributed by atoms with Crippen LogP contribution in [0.1, 0.15) is 30.6 Å². The quantitative estimate of drug-likeness (QED) is 0.912. The van der Waals surface area contributed by atoms with Crippen LogP contribution in [0.4, 0.5) is 5.69 Å². The molecule has 0 spiro atoms. The zero-order valence-electron chi connectivity index (χ0n) is 12.1. The highest BCUT2D eigenvalue weighted by Crippen LogP contribution is 2.31. The summed E-state index contributed by atoms with van der Waals surface area (Å²) < 4.78 is 0. The van der Waals surface area contributed by atoms with E-state index < -0.39 is 5.97 Å². The number of carbonyl (C=O) groups is 1. The Hall–Kier alpha value is -2.61. The SMILES string of the molecule is CC(C)N(CCC#N)c1c(C(=O)O)cnc2ccccc12. The second-order valence-electron chi connectivity index (χ2n) is 5.04. The van der Waals surface area contributed by atoms with Gasteiger partial charge in [-0.2, -0.15) is 5.26 Å². The summed E-state index contributed by atoms with van der Waals surface area (Å²) in [7, 11) is 0. The minimum Gasteiger partial charge on any atom is -0.478 e. The van der Waals surface area contributed by atoms with Crippen LogP contribution in [0.15, 0.2) is 30.5 Å². The molecule has 2 aromatic rings.